The van der Waals surface area contributed by atoms with E-state index in [2.05, 4.69) is 36.1 Å². The van der Waals surface area contributed by atoms with Crippen LogP contribution in [0.15, 0.2) is 24.3 Å². The van der Waals surface area contributed by atoms with E-state index in [0.29, 0.717) is 17.2 Å². The van der Waals surface area contributed by atoms with Gasteiger partial charge in [0.05, 0.1) is 5.69 Å². The van der Waals surface area contributed by atoms with Gasteiger partial charge in [-0.05, 0) is 17.7 Å². The Morgan fingerprint density at radius 1 is 1.00 bits per heavy atom. The largest absolute Gasteiger partial charge is 0.373 e. The molecular weight excluding hydrogens is 272 g/mol. The molecular formula is C16H19F2N3. The Bertz CT molecular complexity index is 628. The van der Waals surface area contributed by atoms with Crippen LogP contribution in [-0.4, -0.2) is 17.0 Å². The molecule has 2 rings (SSSR count). The normalized spacial score (nSPS) is 11.5. The van der Waals surface area contributed by atoms with Gasteiger partial charge in [-0.25, -0.2) is 18.7 Å². The number of anilines is 1. The summed E-state index contributed by atoms with van der Waals surface area (Å²) in [6, 6.07) is 5.34. The average molecular weight is 291 g/mol. The van der Waals surface area contributed by atoms with Crippen molar-refractivity contribution in [3.05, 3.63) is 53.0 Å². The zero-order valence-corrected chi connectivity index (χ0v) is 12.7. The highest BCUT2D eigenvalue weighted by molar-refractivity contribution is 5.38. The topological polar surface area (TPSA) is 37.8 Å². The lowest BCUT2D eigenvalue weighted by Crippen LogP contribution is -2.16. The first-order valence-electron chi connectivity index (χ1n) is 6.79. The molecule has 0 saturated carbocycles. The fraction of sp³-hybridized carbons (Fsp3) is 0.375. The molecule has 0 amide bonds. The number of nitrogens with zero attached hydrogens (tertiary/aromatic N) is 2. The monoisotopic (exact) mass is 291 g/mol. The van der Waals surface area contributed by atoms with Crippen LogP contribution in [0.4, 0.5) is 14.6 Å². The first-order chi connectivity index (χ1) is 9.77. The van der Waals surface area contributed by atoms with E-state index in [1.54, 1.807) is 7.05 Å². The van der Waals surface area contributed by atoms with E-state index in [1.807, 2.05) is 6.07 Å². The summed E-state index contributed by atoms with van der Waals surface area (Å²) in [5.74, 6) is 0.0511. The molecule has 0 atom stereocenters. The van der Waals surface area contributed by atoms with Gasteiger partial charge in [0, 0.05) is 31.0 Å². The van der Waals surface area contributed by atoms with Crippen molar-refractivity contribution in [3.8, 4) is 0 Å². The van der Waals surface area contributed by atoms with Crippen LogP contribution in [0.25, 0.3) is 0 Å². The van der Waals surface area contributed by atoms with Crippen LogP contribution < -0.4 is 5.32 Å². The number of hydrogen-bond donors (Lipinski definition) is 1. The predicted molar refractivity (Wildman–Crippen MR) is 79.4 cm³/mol. The van der Waals surface area contributed by atoms with Crippen LogP contribution in [0.3, 0.4) is 0 Å². The van der Waals surface area contributed by atoms with Crippen molar-refractivity contribution >= 4 is 5.82 Å². The van der Waals surface area contributed by atoms with E-state index in [1.165, 1.54) is 12.1 Å². The Labute approximate surface area is 123 Å². The molecule has 0 aliphatic rings. The van der Waals surface area contributed by atoms with Crippen molar-refractivity contribution in [2.75, 3.05) is 12.4 Å². The van der Waals surface area contributed by atoms with Gasteiger partial charge in [0.15, 0.2) is 0 Å². The van der Waals surface area contributed by atoms with Crippen LogP contribution in [0.5, 0.6) is 0 Å². The molecule has 0 radical (unpaired) electrons. The number of halogens is 2. The molecule has 2 aromatic rings. The molecule has 0 spiro atoms. The molecule has 5 heteroatoms. The maximum Gasteiger partial charge on any atom is 0.135 e. The average Bonchev–Trinajstić information content (AvgIpc) is 2.36. The molecule has 1 aromatic heterocycles. The number of nitrogens with one attached hydrogen (secondary N) is 1. The van der Waals surface area contributed by atoms with Crippen LogP contribution in [0, 0.1) is 11.6 Å². The summed E-state index contributed by atoms with van der Waals surface area (Å²) in [6.07, 6.45) is 0.285. The van der Waals surface area contributed by atoms with Gasteiger partial charge in [-0.1, -0.05) is 20.8 Å². The summed E-state index contributed by atoms with van der Waals surface area (Å²) in [7, 11) is 1.78. The molecule has 0 aliphatic heterocycles. The van der Waals surface area contributed by atoms with Gasteiger partial charge in [-0.15, -0.1) is 0 Å². The van der Waals surface area contributed by atoms with Crippen molar-refractivity contribution in [2.45, 2.75) is 32.6 Å². The Balaban J connectivity index is 2.39. The summed E-state index contributed by atoms with van der Waals surface area (Å²) in [5, 5.41) is 2.99. The third-order valence-corrected chi connectivity index (χ3v) is 3.08. The van der Waals surface area contributed by atoms with Gasteiger partial charge in [0.1, 0.15) is 23.3 Å². The molecule has 0 fully saturated rings. The smallest absolute Gasteiger partial charge is 0.135 e. The lowest BCUT2D eigenvalue weighted by molar-refractivity contribution is 0.562. The van der Waals surface area contributed by atoms with Crippen molar-refractivity contribution in [1.29, 1.82) is 0 Å². The Morgan fingerprint density at radius 2 is 1.62 bits per heavy atom. The fourth-order valence-corrected chi connectivity index (χ4v) is 1.98. The van der Waals surface area contributed by atoms with Crippen molar-refractivity contribution < 1.29 is 8.78 Å². The van der Waals surface area contributed by atoms with Crippen LogP contribution in [-0.2, 0) is 11.8 Å². The van der Waals surface area contributed by atoms with Crippen molar-refractivity contribution in [1.82, 2.24) is 9.97 Å². The maximum atomic E-state index is 13.3. The van der Waals surface area contributed by atoms with Crippen LogP contribution >= 0.6 is 0 Å². The minimum Gasteiger partial charge on any atom is -0.373 e. The molecule has 1 aromatic carbocycles. The molecule has 0 saturated heterocycles. The predicted octanol–water partition coefficient (Wildman–Crippen LogP) is 3.68. The number of aromatic nitrogens is 2. The van der Waals surface area contributed by atoms with E-state index in [-0.39, 0.29) is 11.8 Å². The van der Waals surface area contributed by atoms with E-state index in [0.717, 1.165) is 11.8 Å². The minimum absolute atomic E-state index is 0.128. The highest BCUT2D eigenvalue weighted by atomic mass is 19.1. The first kappa shape index (κ1) is 15.4. The molecule has 21 heavy (non-hydrogen) atoms. The molecule has 1 heterocycles. The summed E-state index contributed by atoms with van der Waals surface area (Å²) in [4.78, 5) is 8.86. The number of benzene rings is 1. The van der Waals surface area contributed by atoms with Gasteiger partial charge in [0.2, 0.25) is 0 Å². The molecule has 1 N–H and O–H groups in total. The van der Waals surface area contributed by atoms with Gasteiger partial charge >= 0.3 is 0 Å². The lowest BCUT2D eigenvalue weighted by atomic mass is 9.92. The zero-order valence-electron chi connectivity index (χ0n) is 12.7. The number of rotatable bonds is 3. The highest BCUT2D eigenvalue weighted by Gasteiger charge is 2.18. The SMILES string of the molecule is CNc1cc(C(C)(C)C)nc(Cc2cc(F)cc(F)c2)n1. The summed E-state index contributed by atoms with van der Waals surface area (Å²) in [6.45, 7) is 6.17. The van der Waals surface area contributed by atoms with Crippen molar-refractivity contribution in [2.24, 2.45) is 0 Å². The Morgan fingerprint density at radius 3 is 2.14 bits per heavy atom. The fourth-order valence-electron chi connectivity index (χ4n) is 1.98. The standard InChI is InChI=1S/C16H19F2N3/c1-16(2,3)13-9-14(19-4)21-15(20-13)7-10-5-11(17)8-12(18)6-10/h5-6,8-9H,7H2,1-4H3,(H,19,20,21). The lowest BCUT2D eigenvalue weighted by Gasteiger charge is -2.19. The molecule has 0 bridgehead atoms. The van der Waals surface area contributed by atoms with E-state index in [4.69, 9.17) is 0 Å². The summed E-state index contributed by atoms with van der Waals surface area (Å²) < 4.78 is 26.5. The maximum absolute atomic E-state index is 13.3. The van der Waals surface area contributed by atoms with Crippen LogP contribution in [0.2, 0.25) is 0 Å². The van der Waals surface area contributed by atoms with Gasteiger partial charge < -0.3 is 5.32 Å². The van der Waals surface area contributed by atoms with Crippen molar-refractivity contribution in [3.63, 3.8) is 0 Å². The second-order valence-electron chi connectivity index (χ2n) is 6.01. The third kappa shape index (κ3) is 3.97. The van der Waals surface area contributed by atoms with Gasteiger partial charge in [-0.2, -0.15) is 0 Å². The molecule has 0 unspecified atom stereocenters. The zero-order chi connectivity index (χ0) is 15.6. The summed E-state index contributed by atoms with van der Waals surface area (Å²) >= 11 is 0. The van der Waals surface area contributed by atoms with E-state index in [9.17, 15) is 8.78 Å². The van der Waals surface area contributed by atoms with Gasteiger partial charge in [0.25, 0.3) is 0 Å². The molecule has 0 aliphatic carbocycles. The molecule has 3 nitrogen and oxygen atoms in total. The van der Waals surface area contributed by atoms with Crippen LogP contribution in [0.1, 0.15) is 37.9 Å². The number of hydrogen-bond acceptors (Lipinski definition) is 3. The highest BCUT2D eigenvalue weighted by Crippen LogP contribution is 2.23. The quantitative estimate of drug-likeness (QED) is 0.937. The van der Waals surface area contributed by atoms with Gasteiger partial charge in [-0.3, -0.25) is 0 Å². The summed E-state index contributed by atoms with van der Waals surface area (Å²) in [5.41, 5.74) is 1.27. The third-order valence-electron chi connectivity index (χ3n) is 3.08. The first-order valence-corrected chi connectivity index (χ1v) is 6.79. The Hall–Kier alpha value is -2.04. The second-order valence-corrected chi connectivity index (χ2v) is 6.01. The Kier molecular flexibility index (Phi) is 4.21. The van der Waals surface area contributed by atoms with E-state index < -0.39 is 11.6 Å². The second kappa shape index (κ2) is 5.76. The molecule has 112 valence electrons. The minimum atomic E-state index is -0.592. The van der Waals surface area contributed by atoms with E-state index >= 15 is 0 Å².